The Labute approximate surface area is 204 Å². The van der Waals surface area contributed by atoms with Crippen molar-refractivity contribution in [2.45, 2.75) is 59.2 Å². The van der Waals surface area contributed by atoms with Crippen molar-refractivity contribution in [2.24, 2.45) is 18.9 Å². The van der Waals surface area contributed by atoms with Crippen LogP contribution in [0.5, 0.6) is 5.75 Å². The molecule has 1 N–H and O–H groups in total. The van der Waals surface area contributed by atoms with Crippen LogP contribution in [0.3, 0.4) is 0 Å². The van der Waals surface area contributed by atoms with Crippen molar-refractivity contribution >= 4 is 21.8 Å². The summed E-state index contributed by atoms with van der Waals surface area (Å²) in [5, 5.41) is 11.0. The molecule has 1 aromatic heterocycles. The molecular weight excluding hydrogens is 484 g/mol. The molecule has 180 valence electrons. The number of aliphatic hydroxyl groups excluding tert-OH is 1. The van der Waals surface area contributed by atoms with Crippen LogP contribution in [-0.4, -0.2) is 33.6 Å². The summed E-state index contributed by atoms with van der Waals surface area (Å²) >= 11 is 3.41. The molecular formula is C26H35BrN2O4. The second kappa shape index (κ2) is 11.3. The minimum Gasteiger partial charge on any atom is -0.483 e. The van der Waals surface area contributed by atoms with E-state index in [4.69, 9.17) is 4.74 Å². The highest BCUT2D eigenvalue weighted by Crippen LogP contribution is 2.33. The largest absolute Gasteiger partial charge is 0.483 e. The molecule has 1 aliphatic rings. The van der Waals surface area contributed by atoms with E-state index in [-0.39, 0.29) is 34.3 Å². The molecule has 1 heterocycles. The standard InChI is InChI=1S/C26H35BrN2O4/c1-5-17(3)14-20(30)22-21(27)24(31)25(33-16-19-10-8-7-9-11-19)23(28(22)4)26(32)29(6-2)15-18-12-13-18/h7-11,17-18,20,30H,5-6,12-16H2,1-4H3. The molecule has 6 nitrogen and oxygen atoms in total. The first-order valence-electron chi connectivity index (χ1n) is 11.8. The van der Waals surface area contributed by atoms with Gasteiger partial charge in [0.2, 0.25) is 5.43 Å². The maximum atomic E-state index is 13.7. The number of rotatable bonds is 11. The third kappa shape index (κ3) is 6.07. The number of ether oxygens (including phenoxy) is 1. The number of hydrogen-bond donors (Lipinski definition) is 1. The molecule has 0 radical (unpaired) electrons. The van der Waals surface area contributed by atoms with Crippen LogP contribution in [-0.2, 0) is 13.7 Å². The van der Waals surface area contributed by atoms with Crippen molar-refractivity contribution < 1.29 is 14.6 Å². The summed E-state index contributed by atoms with van der Waals surface area (Å²) in [5.74, 6) is 0.575. The topological polar surface area (TPSA) is 71.8 Å². The molecule has 1 amide bonds. The van der Waals surface area contributed by atoms with E-state index < -0.39 is 11.5 Å². The van der Waals surface area contributed by atoms with Crippen LogP contribution >= 0.6 is 15.9 Å². The number of carbonyl (C=O) groups excluding carboxylic acids is 1. The van der Waals surface area contributed by atoms with Crippen LogP contribution in [0.15, 0.2) is 39.6 Å². The smallest absolute Gasteiger partial charge is 0.274 e. The van der Waals surface area contributed by atoms with E-state index in [0.717, 1.165) is 24.8 Å². The Kier molecular flexibility index (Phi) is 8.76. The average Bonchev–Trinajstić information content (AvgIpc) is 3.63. The van der Waals surface area contributed by atoms with Gasteiger partial charge in [-0.25, -0.2) is 0 Å². The maximum Gasteiger partial charge on any atom is 0.274 e. The normalized spacial score (nSPS) is 15.2. The van der Waals surface area contributed by atoms with Crippen molar-refractivity contribution in [2.75, 3.05) is 13.1 Å². The van der Waals surface area contributed by atoms with Crippen molar-refractivity contribution in [3.8, 4) is 5.75 Å². The van der Waals surface area contributed by atoms with Crippen LogP contribution in [0.2, 0.25) is 0 Å². The number of carbonyl (C=O) groups is 1. The van der Waals surface area contributed by atoms with E-state index in [0.29, 0.717) is 31.1 Å². The maximum absolute atomic E-state index is 13.7. The highest BCUT2D eigenvalue weighted by Gasteiger charge is 2.33. The third-order valence-electron chi connectivity index (χ3n) is 6.45. The van der Waals surface area contributed by atoms with Crippen LogP contribution in [0, 0.1) is 11.8 Å². The van der Waals surface area contributed by atoms with Gasteiger partial charge in [0.05, 0.1) is 16.3 Å². The number of aliphatic hydroxyl groups is 1. The lowest BCUT2D eigenvalue weighted by Crippen LogP contribution is -2.37. The molecule has 0 aliphatic heterocycles. The van der Waals surface area contributed by atoms with Gasteiger partial charge in [-0.3, -0.25) is 9.59 Å². The van der Waals surface area contributed by atoms with Gasteiger partial charge in [-0.15, -0.1) is 0 Å². The highest BCUT2D eigenvalue weighted by atomic mass is 79.9. The molecule has 2 atom stereocenters. The minimum absolute atomic E-state index is 0.0203. The first-order chi connectivity index (χ1) is 15.8. The molecule has 1 aliphatic carbocycles. The van der Waals surface area contributed by atoms with Gasteiger partial charge in [-0.2, -0.15) is 0 Å². The Morgan fingerprint density at radius 2 is 1.94 bits per heavy atom. The van der Waals surface area contributed by atoms with E-state index in [1.165, 1.54) is 0 Å². The summed E-state index contributed by atoms with van der Waals surface area (Å²) in [6.45, 7) is 7.46. The fourth-order valence-electron chi connectivity index (χ4n) is 3.99. The Bertz CT molecular complexity index is 1020. The fourth-order valence-corrected chi connectivity index (χ4v) is 4.70. The van der Waals surface area contributed by atoms with Crippen molar-refractivity contribution in [3.63, 3.8) is 0 Å². The quantitative estimate of drug-likeness (QED) is 0.450. The van der Waals surface area contributed by atoms with Gasteiger partial charge in [0, 0.05) is 20.1 Å². The fraction of sp³-hybridized carbons (Fsp3) is 0.538. The van der Waals surface area contributed by atoms with Crippen molar-refractivity contribution in [1.29, 1.82) is 0 Å². The van der Waals surface area contributed by atoms with Gasteiger partial charge in [-0.1, -0.05) is 50.6 Å². The summed E-state index contributed by atoms with van der Waals surface area (Å²) in [6, 6.07) is 9.55. The van der Waals surface area contributed by atoms with Crippen LogP contribution in [0.1, 0.15) is 74.3 Å². The van der Waals surface area contributed by atoms with Gasteiger partial charge in [0.15, 0.2) is 11.4 Å². The van der Waals surface area contributed by atoms with Gasteiger partial charge in [0.1, 0.15) is 6.61 Å². The number of nitrogens with zero attached hydrogens (tertiary/aromatic N) is 2. The Balaban J connectivity index is 2.07. The SMILES string of the molecule is CCC(C)CC(O)c1c(Br)c(=O)c(OCc2ccccc2)c(C(=O)N(CC)CC2CC2)n1C. The first kappa shape index (κ1) is 25.5. The summed E-state index contributed by atoms with van der Waals surface area (Å²) < 4.78 is 7.89. The lowest BCUT2D eigenvalue weighted by molar-refractivity contribution is 0.0736. The van der Waals surface area contributed by atoms with E-state index in [1.54, 1.807) is 16.5 Å². The molecule has 2 unspecified atom stereocenters. The molecule has 1 saturated carbocycles. The summed E-state index contributed by atoms with van der Waals surface area (Å²) in [7, 11) is 1.73. The molecule has 7 heteroatoms. The summed E-state index contributed by atoms with van der Waals surface area (Å²) in [4.78, 5) is 28.9. The number of halogens is 1. The predicted molar refractivity (Wildman–Crippen MR) is 133 cm³/mol. The van der Waals surface area contributed by atoms with Gasteiger partial charge >= 0.3 is 0 Å². The zero-order chi connectivity index (χ0) is 24.1. The monoisotopic (exact) mass is 518 g/mol. The zero-order valence-corrected chi connectivity index (χ0v) is 21.6. The highest BCUT2D eigenvalue weighted by molar-refractivity contribution is 9.10. The van der Waals surface area contributed by atoms with Crippen LogP contribution in [0.25, 0.3) is 0 Å². The Morgan fingerprint density at radius 1 is 1.27 bits per heavy atom. The summed E-state index contributed by atoms with van der Waals surface area (Å²) in [5.41, 5.74) is 1.10. The molecule has 1 fully saturated rings. The number of pyridine rings is 1. The van der Waals surface area contributed by atoms with E-state index in [9.17, 15) is 14.7 Å². The van der Waals surface area contributed by atoms with Crippen LogP contribution in [0.4, 0.5) is 0 Å². The third-order valence-corrected chi connectivity index (χ3v) is 7.22. The lowest BCUT2D eigenvalue weighted by atomic mass is 9.98. The van der Waals surface area contributed by atoms with Gasteiger partial charge in [0.25, 0.3) is 5.91 Å². The minimum atomic E-state index is -0.875. The van der Waals surface area contributed by atoms with Crippen molar-refractivity contribution in [3.05, 3.63) is 62.0 Å². The van der Waals surface area contributed by atoms with E-state index in [2.05, 4.69) is 29.8 Å². The molecule has 0 bridgehead atoms. The Morgan fingerprint density at radius 3 is 2.52 bits per heavy atom. The Hall–Kier alpha value is -2.12. The van der Waals surface area contributed by atoms with Crippen molar-refractivity contribution in [1.82, 2.24) is 9.47 Å². The average molecular weight is 519 g/mol. The number of benzene rings is 1. The van der Waals surface area contributed by atoms with E-state index >= 15 is 0 Å². The first-order valence-corrected chi connectivity index (χ1v) is 12.6. The number of hydrogen-bond acceptors (Lipinski definition) is 4. The predicted octanol–water partition coefficient (Wildman–Crippen LogP) is 5.07. The second-order valence-electron chi connectivity index (χ2n) is 9.09. The molecule has 0 saturated heterocycles. The molecule has 0 spiro atoms. The van der Waals surface area contributed by atoms with Gasteiger partial charge < -0.3 is 19.3 Å². The molecule has 3 rings (SSSR count). The summed E-state index contributed by atoms with van der Waals surface area (Å²) in [6.07, 6.45) is 2.79. The number of amides is 1. The van der Waals surface area contributed by atoms with E-state index in [1.807, 2.05) is 37.3 Å². The van der Waals surface area contributed by atoms with Crippen LogP contribution < -0.4 is 10.2 Å². The molecule has 1 aromatic carbocycles. The second-order valence-corrected chi connectivity index (χ2v) is 9.88. The molecule has 33 heavy (non-hydrogen) atoms. The number of aromatic nitrogens is 1. The van der Waals surface area contributed by atoms with Gasteiger partial charge in [-0.05, 0) is 59.5 Å². The zero-order valence-electron chi connectivity index (χ0n) is 20.0. The molecule has 2 aromatic rings. The lowest BCUT2D eigenvalue weighted by Gasteiger charge is -2.27.